The van der Waals surface area contributed by atoms with E-state index in [2.05, 4.69) is 146 Å². The standard InChI is InChI=1S/C35H22N2S.C3H8/c1-3-10-23(11-4-1)25-14-9-15-26(22-25)37-30-20-18-28-27-16-7-8-17-32(27)38-35(28)33(30)34-31(37)21-19-29(36-34)24-12-5-2-6-13-24;1-3-2/h1-22H;3H2,1-2H3. The SMILES string of the molecule is CCC.c1ccc(-c2cccc(-n3c4ccc(-c5ccccc5)nc4c4c5sc6ccccc6c5ccc43)c2)cc1. The molecule has 5 aromatic carbocycles. The molecule has 0 atom stereocenters. The number of pyridine rings is 1. The van der Waals surface area contributed by atoms with Crippen molar-refractivity contribution < 1.29 is 0 Å². The van der Waals surface area contributed by atoms with Crippen molar-refractivity contribution in [3.05, 3.63) is 133 Å². The van der Waals surface area contributed by atoms with Crippen LogP contribution >= 0.6 is 11.3 Å². The van der Waals surface area contributed by atoms with Gasteiger partial charge in [-0.1, -0.05) is 117 Å². The fourth-order valence-corrected chi connectivity index (χ4v) is 6.89. The van der Waals surface area contributed by atoms with E-state index in [1.54, 1.807) is 0 Å². The molecule has 0 bridgehead atoms. The Balaban J connectivity index is 0.000000884. The smallest absolute Gasteiger partial charge is 0.0985 e. The molecule has 8 rings (SSSR count). The molecule has 0 N–H and O–H groups in total. The first kappa shape index (κ1) is 25.3. The zero-order valence-corrected chi connectivity index (χ0v) is 24.0. The lowest BCUT2D eigenvalue weighted by molar-refractivity contribution is 1.09. The van der Waals surface area contributed by atoms with Crippen molar-refractivity contribution in [3.8, 4) is 28.1 Å². The van der Waals surface area contributed by atoms with Gasteiger partial charge in [0.25, 0.3) is 0 Å². The van der Waals surface area contributed by atoms with Crippen molar-refractivity contribution >= 4 is 53.4 Å². The molecule has 41 heavy (non-hydrogen) atoms. The number of rotatable bonds is 3. The summed E-state index contributed by atoms with van der Waals surface area (Å²) in [5, 5.41) is 3.82. The van der Waals surface area contributed by atoms with Crippen LogP contribution in [0.4, 0.5) is 0 Å². The van der Waals surface area contributed by atoms with Crippen LogP contribution in [0.3, 0.4) is 0 Å². The third kappa shape index (κ3) is 4.39. The molecule has 0 aliphatic carbocycles. The summed E-state index contributed by atoms with van der Waals surface area (Å²) in [6.45, 7) is 4.25. The zero-order valence-electron chi connectivity index (χ0n) is 23.2. The molecule has 0 unspecified atom stereocenters. The molecule has 8 aromatic rings. The molecule has 3 aromatic heterocycles. The number of benzene rings is 5. The summed E-state index contributed by atoms with van der Waals surface area (Å²) < 4.78 is 4.98. The number of nitrogens with zero attached hydrogens (tertiary/aromatic N) is 2. The molecule has 3 heterocycles. The zero-order chi connectivity index (χ0) is 27.8. The minimum Gasteiger partial charge on any atom is -0.308 e. The highest BCUT2D eigenvalue weighted by Gasteiger charge is 2.19. The number of aromatic nitrogens is 2. The number of thiophene rings is 1. The Morgan fingerprint density at radius 2 is 1.24 bits per heavy atom. The summed E-state index contributed by atoms with van der Waals surface area (Å²) in [5.74, 6) is 0. The van der Waals surface area contributed by atoms with Gasteiger partial charge in [0, 0.05) is 36.8 Å². The van der Waals surface area contributed by atoms with Gasteiger partial charge < -0.3 is 4.57 Å². The molecule has 0 fully saturated rings. The van der Waals surface area contributed by atoms with E-state index < -0.39 is 0 Å². The minimum absolute atomic E-state index is 0.994. The Labute approximate surface area is 244 Å². The monoisotopic (exact) mass is 546 g/mol. The average Bonchev–Trinajstić information content (AvgIpc) is 3.58. The lowest BCUT2D eigenvalue weighted by atomic mass is 10.1. The van der Waals surface area contributed by atoms with E-state index >= 15 is 0 Å². The molecule has 0 aliphatic rings. The second-order valence-corrected chi connectivity index (χ2v) is 11.4. The minimum atomic E-state index is 0.994. The van der Waals surface area contributed by atoms with Crippen LogP contribution in [0.1, 0.15) is 20.3 Å². The highest BCUT2D eigenvalue weighted by Crippen LogP contribution is 2.43. The number of fused-ring (bicyclic) bond motifs is 7. The van der Waals surface area contributed by atoms with Crippen LogP contribution in [0, 0.1) is 0 Å². The van der Waals surface area contributed by atoms with Gasteiger partial charge in [-0.3, -0.25) is 0 Å². The van der Waals surface area contributed by atoms with Gasteiger partial charge in [-0.05, 0) is 47.5 Å². The lowest BCUT2D eigenvalue weighted by Gasteiger charge is -2.10. The van der Waals surface area contributed by atoms with Crippen molar-refractivity contribution in [3.63, 3.8) is 0 Å². The summed E-state index contributed by atoms with van der Waals surface area (Å²) in [7, 11) is 0. The molecule has 2 nitrogen and oxygen atoms in total. The lowest BCUT2D eigenvalue weighted by Crippen LogP contribution is -1.94. The largest absolute Gasteiger partial charge is 0.308 e. The van der Waals surface area contributed by atoms with E-state index in [1.165, 1.54) is 48.6 Å². The first-order valence-electron chi connectivity index (χ1n) is 14.2. The maximum atomic E-state index is 5.31. The Bertz CT molecular complexity index is 2140. The highest BCUT2D eigenvalue weighted by molar-refractivity contribution is 7.26. The number of hydrogen-bond donors (Lipinski definition) is 0. The third-order valence-corrected chi connectivity index (χ3v) is 8.60. The van der Waals surface area contributed by atoms with Gasteiger partial charge in [0.05, 0.1) is 22.2 Å². The molecule has 0 saturated heterocycles. The van der Waals surface area contributed by atoms with E-state index in [9.17, 15) is 0 Å². The summed E-state index contributed by atoms with van der Waals surface area (Å²) in [4.78, 5) is 5.31. The van der Waals surface area contributed by atoms with Crippen LogP contribution in [0.25, 0.3) is 70.2 Å². The Morgan fingerprint density at radius 1 is 0.585 bits per heavy atom. The van der Waals surface area contributed by atoms with E-state index in [1.807, 2.05) is 17.4 Å². The van der Waals surface area contributed by atoms with Crippen LogP contribution in [-0.4, -0.2) is 9.55 Å². The van der Waals surface area contributed by atoms with Gasteiger partial charge >= 0.3 is 0 Å². The van der Waals surface area contributed by atoms with Gasteiger partial charge in [-0.15, -0.1) is 11.3 Å². The van der Waals surface area contributed by atoms with Gasteiger partial charge in [0.2, 0.25) is 0 Å². The van der Waals surface area contributed by atoms with E-state index in [-0.39, 0.29) is 0 Å². The van der Waals surface area contributed by atoms with Crippen LogP contribution in [0.5, 0.6) is 0 Å². The Kier molecular flexibility index (Phi) is 6.58. The van der Waals surface area contributed by atoms with Crippen molar-refractivity contribution in [2.75, 3.05) is 0 Å². The van der Waals surface area contributed by atoms with Gasteiger partial charge in [0.1, 0.15) is 0 Å². The molecule has 0 spiro atoms. The van der Waals surface area contributed by atoms with Crippen molar-refractivity contribution in [1.82, 2.24) is 9.55 Å². The van der Waals surface area contributed by atoms with Gasteiger partial charge in [-0.2, -0.15) is 0 Å². The Hall–Kier alpha value is -4.73. The second-order valence-electron chi connectivity index (χ2n) is 10.3. The quantitative estimate of drug-likeness (QED) is 0.215. The topological polar surface area (TPSA) is 17.8 Å². The molecule has 0 amide bonds. The van der Waals surface area contributed by atoms with Crippen molar-refractivity contribution in [2.24, 2.45) is 0 Å². The van der Waals surface area contributed by atoms with Gasteiger partial charge in [0.15, 0.2) is 0 Å². The van der Waals surface area contributed by atoms with E-state index in [4.69, 9.17) is 4.98 Å². The van der Waals surface area contributed by atoms with E-state index in [0.29, 0.717) is 0 Å². The van der Waals surface area contributed by atoms with Gasteiger partial charge in [-0.25, -0.2) is 4.98 Å². The van der Waals surface area contributed by atoms with Crippen LogP contribution in [-0.2, 0) is 0 Å². The predicted molar refractivity (Wildman–Crippen MR) is 178 cm³/mol. The molecular formula is C38H30N2S. The van der Waals surface area contributed by atoms with Crippen molar-refractivity contribution in [2.45, 2.75) is 20.3 Å². The Morgan fingerprint density at radius 3 is 2.02 bits per heavy atom. The second kappa shape index (κ2) is 10.7. The average molecular weight is 547 g/mol. The summed E-state index contributed by atoms with van der Waals surface area (Å²) in [6.07, 6.45) is 1.25. The predicted octanol–water partition coefficient (Wildman–Crippen LogP) is 11.3. The molecule has 3 heteroatoms. The van der Waals surface area contributed by atoms with Crippen LogP contribution in [0.15, 0.2) is 133 Å². The molecular weight excluding hydrogens is 516 g/mol. The van der Waals surface area contributed by atoms with Crippen molar-refractivity contribution in [1.29, 1.82) is 0 Å². The fraction of sp³-hybridized carbons (Fsp3) is 0.0789. The molecule has 0 saturated carbocycles. The van der Waals surface area contributed by atoms with E-state index in [0.717, 1.165) is 28.0 Å². The molecule has 0 radical (unpaired) electrons. The normalized spacial score (nSPS) is 11.3. The third-order valence-electron chi connectivity index (χ3n) is 7.40. The highest BCUT2D eigenvalue weighted by atomic mass is 32.1. The molecule has 0 aliphatic heterocycles. The summed E-state index contributed by atoms with van der Waals surface area (Å²) in [5.41, 5.74) is 9.03. The van der Waals surface area contributed by atoms with Crippen LogP contribution < -0.4 is 0 Å². The fourth-order valence-electron chi connectivity index (χ4n) is 5.64. The first-order valence-corrected chi connectivity index (χ1v) is 15.0. The maximum absolute atomic E-state index is 5.31. The summed E-state index contributed by atoms with van der Waals surface area (Å²) >= 11 is 1.86. The first-order chi connectivity index (χ1) is 20.3. The number of hydrogen-bond acceptors (Lipinski definition) is 2. The molecule has 198 valence electrons. The maximum Gasteiger partial charge on any atom is 0.0985 e. The van der Waals surface area contributed by atoms with Crippen LogP contribution in [0.2, 0.25) is 0 Å². The summed E-state index contributed by atoms with van der Waals surface area (Å²) in [6, 6.07) is 47.5.